The first kappa shape index (κ1) is 24.0. The highest BCUT2D eigenvalue weighted by Gasteiger charge is 2.35. The number of hydrogen-bond donors (Lipinski definition) is 2. The normalized spacial score (nSPS) is 16.1. The fourth-order valence-corrected chi connectivity index (χ4v) is 3.88. The fraction of sp³-hybridized carbons (Fsp3) is 0.333. The molecule has 1 atom stereocenters. The molecule has 1 aliphatic heterocycles. The molecule has 0 saturated carbocycles. The Balaban J connectivity index is 1.85. The minimum absolute atomic E-state index is 0.0683. The first-order chi connectivity index (χ1) is 15.2. The number of carbonyl (C=O) groups excluding carboxylic acids is 2. The third kappa shape index (κ3) is 5.56. The number of nitrogens with one attached hydrogen (secondary N) is 2. The summed E-state index contributed by atoms with van der Waals surface area (Å²) in [6.45, 7) is 7.61. The highest BCUT2D eigenvalue weighted by Crippen LogP contribution is 2.32. The zero-order valence-corrected chi connectivity index (χ0v) is 19.9. The molecule has 2 aromatic rings. The number of benzene rings is 2. The molecule has 0 saturated heterocycles. The largest absolute Gasteiger partial charge is 0.489 e. The van der Waals surface area contributed by atoms with Gasteiger partial charge in [-0.15, -0.1) is 0 Å². The molecular weight excluding hydrogens is 451 g/mol. The van der Waals surface area contributed by atoms with Crippen molar-refractivity contribution in [1.29, 1.82) is 0 Å². The first-order valence-electron chi connectivity index (χ1n) is 10.4. The molecule has 0 aromatic heterocycles. The Kier molecular flexibility index (Phi) is 7.69. The van der Waals surface area contributed by atoms with E-state index in [2.05, 4.69) is 10.6 Å². The van der Waals surface area contributed by atoms with E-state index in [9.17, 15) is 9.59 Å². The summed E-state index contributed by atoms with van der Waals surface area (Å²) in [6, 6.07) is 11.4. The van der Waals surface area contributed by atoms with Gasteiger partial charge in [-0.1, -0.05) is 55.2 Å². The van der Waals surface area contributed by atoms with E-state index < -0.39 is 12.0 Å². The topological polar surface area (TPSA) is 76.7 Å². The van der Waals surface area contributed by atoms with Crippen LogP contribution < -0.4 is 15.4 Å². The van der Waals surface area contributed by atoms with E-state index in [1.807, 2.05) is 13.8 Å². The van der Waals surface area contributed by atoms with Gasteiger partial charge in [0, 0.05) is 21.3 Å². The molecule has 2 amide bonds. The Labute approximate surface area is 197 Å². The van der Waals surface area contributed by atoms with Gasteiger partial charge >= 0.3 is 12.0 Å². The van der Waals surface area contributed by atoms with Crippen LogP contribution in [0.5, 0.6) is 5.75 Å². The van der Waals surface area contributed by atoms with Crippen LogP contribution in [0.4, 0.5) is 4.79 Å². The molecule has 2 N–H and O–H groups in total. The van der Waals surface area contributed by atoms with Crippen molar-refractivity contribution in [3.63, 3.8) is 0 Å². The lowest BCUT2D eigenvalue weighted by molar-refractivity contribution is -0.143. The standard InChI is InChI=1S/C24H26Cl2N2O4/c1-13(2)21-20(23(29)32-14(3)4)22(28-24(30)27-21)15-8-10-16(11-9-15)31-12-17-18(25)6-5-7-19(17)26/h5-11,13-14,22H,12H2,1-4H3,(H2,27,28,30). The summed E-state index contributed by atoms with van der Waals surface area (Å²) < 4.78 is 11.3. The lowest BCUT2D eigenvalue weighted by atomic mass is 9.91. The first-order valence-corrected chi connectivity index (χ1v) is 11.1. The molecule has 8 heteroatoms. The van der Waals surface area contributed by atoms with Crippen molar-refractivity contribution < 1.29 is 19.1 Å². The van der Waals surface area contributed by atoms with Crippen molar-refractivity contribution in [2.45, 2.75) is 46.4 Å². The van der Waals surface area contributed by atoms with Gasteiger partial charge < -0.3 is 20.1 Å². The number of urea groups is 1. The molecule has 1 heterocycles. The van der Waals surface area contributed by atoms with Crippen LogP contribution in [0.15, 0.2) is 53.7 Å². The highest BCUT2D eigenvalue weighted by molar-refractivity contribution is 6.35. The predicted molar refractivity (Wildman–Crippen MR) is 125 cm³/mol. The maximum absolute atomic E-state index is 12.9. The molecule has 6 nitrogen and oxygen atoms in total. The second-order valence-corrected chi connectivity index (χ2v) is 8.84. The lowest BCUT2D eigenvalue weighted by Gasteiger charge is -2.31. The summed E-state index contributed by atoms with van der Waals surface area (Å²) in [5.74, 6) is 0.0699. The van der Waals surface area contributed by atoms with Crippen LogP contribution in [0.3, 0.4) is 0 Å². The van der Waals surface area contributed by atoms with E-state index >= 15 is 0 Å². The van der Waals surface area contributed by atoms with Crippen LogP contribution in [0.1, 0.15) is 44.9 Å². The molecule has 3 rings (SSSR count). The van der Waals surface area contributed by atoms with Crippen molar-refractivity contribution in [3.05, 3.63) is 74.9 Å². The van der Waals surface area contributed by atoms with E-state index in [0.29, 0.717) is 32.6 Å². The third-order valence-electron chi connectivity index (χ3n) is 4.90. The molecule has 1 unspecified atom stereocenters. The van der Waals surface area contributed by atoms with Gasteiger partial charge in [0.2, 0.25) is 0 Å². The van der Waals surface area contributed by atoms with Crippen LogP contribution in [0.2, 0.25) is 10.0 Å². The Hall–Kier alpha value is -2.70. The van der Waals surface area contributed by atoms with Crippen molar-refractivity contribution in [3.8, 4) is 5.75 Å². The van der Waals surface area contributed by atoms with Crippen molar-refractivity contribution >= 4 is 35.2 Å². The summed E-state index contributed by atoms with van der Waals surface area (Å²) in [6.07, 6.45) is -0.283. The van der Waals surface area contributed by atoms with E-state index in [1.165, 1.54) is 0 Å². The zero-order chi connectivity index (χ0) is 23.4. The molecule has 2 aromatic carbocycles. The number of halogens is 2. The molecule has 0 spiro atoms. The Bertz CT molecular complexity index is 1010. The molecule has 1 aliphatic rings. The van der Waals surface area contributed by atoms with Crippen LogP contribution in [0, 0.1) is 5.92 Å². The maximum atomic E-state index is 12.9. The van der Waals surface area contributed by atoms with Crippen LogP contribution in [-0.4, -0.2) is 18.1 Å². The summed E-state index contributed by atoms with van der Waals surface area (Å²) in [4.78, 5) is 25.2. The Morgan fingerprint density at radius 3 is 2.22 bits per heavy atom. The smallest absolute Gasteiger partial charge is 0.338 e. The van der Waals surface area contributed by atoms with Crippen LogP contribution in [-0.2, 0) is 16.1 Å². The van der Waals surface area contributed by atoms with E-state index in [1.54, 1.807) is 56.3 Å². The quantitative estimate of drug-likeness (QED) is 0.495. The fourth-order valence-electron chi connectivity index (χ4n) is 3.38. The Morgan fingerprint density at radius 2 is 1.66 bits per heavy atom. The van der Waals surface area contributed by atoms with E-state index in [-0.39, 0.29) is 24.7 Å². The molecule has 0 fully saturated rings. The number of esters is 1. The predicted octanol–water partition coefficient (Wildman–Crippen LogP) is 5.79. The van der Waals surface area contributed by atoms with Crippen molar-refractivity contribution in [2.24, 2.45) is 5.92 Å². The zero-order valence-electron chi connectivity index (χ0n) is 18.4. The summed E-state index contributed by atoms with van der Waals surface area (Å²) in [5, 5.41) is 6.66. The van der Waals surface area contributed by atoms with Gasteiger partial charge in [0.05, 0.1) is 17.7 Å². The third-order valence-corrected chi connectivity index (χ3v) is 5.61. The lowest BCUT2D eigenvalue weighted by Crippen LogP contribution is -2.47. The number of rotatable bonds is 7. The van der Waals surface area contributed by atoms with E-state index in [4.69, 9.17) is 32.7 Å². The van der Waals surface area contributed by atoms with Crippen LogP contribution in [0.25, 0.3) is 0 Å². The number of amides is 2. The minimum Gasteiger partial charge on any atom is -0.489 e. The van der Waals surface area contributed by atoms with Crippen molar-refractivity contribution in [1.82, 2.24) is 10.6 Å². The van der Waals surface area contributed by atoms with Gasteiger partial charge in [-0.05, 0) is 49.6 Å². The number of allylic oxidation sites excluding steroid dienone is 1. The van der Waals surface area contributed by atoms with Gasteiger partial charge in [0.1, 0.15) is 12.4 Å². The molecule has 170 valence electrons. The SMILES string of the molecule is CC(C)OC(=O)C1=C(C(C)C)NC(=O)NC1c1ccc(OCc2c(Cl)cccc2Cl)cc1. The van der Waals surface area contributed by atoms with E-state index in [0.717, 1.165) is 5.56 Å². The minimum atomic E-state index is -0.639. The number of ether oxygens (including phenoxy) is 2. The monoisotopic (exact) mass is 476 g/mol. The van der Waals surface area contributed by atoms with Crippen LogP contribution >= 0.6 is 23.2 Å². The summed E-state index contributed by atoms with van der Waals surface area (Å²) in [5.41, 5.74) is 2.38. The highest BCUT2D eigenvalue weighted by atomic mass is 35.5. The summed E-state index contributed by atoms with van der Waals surface area (Å²) in [7, 11) is 0. The van der Waals surface area contributed by atoms with Gasteiger partial charge in [0.15, 0.2) is 0 Å². The Morgan fingerprint density at radius 1 is 1.03 bits per heavy atom. The molecule has 0 bridgehead atoms. The van der Waals surface area contributed by atoms with Gasteiger partial charge in [0.25, 0.3) is 0 Å². The average Bonchev–Trinajstić information content (AvgIpc) is 2.72. The second kappa shape index (κ2) is 10.3. The van der Waals surface area contributed by atoms with Gasteiger partial charge in [-0.25, -0.2) is 9.59 Å². The van der Waals surface area contributed by atoms with Gasteiger partial charge in [-0.2, -0.15) is 0 Å². The molecule has 0 aliphatic carbocycles. The number of carbonyl (C=O) groups is 2. The molecule has 32 heavy (non-hydrogen) atoms. The molecule has 0 radical (unpaired) electrons. The van der Waals surface area contributed by atoms with Gasteiger partial charge in [-0.3, -0.25) is 0 Å². The average molecular weight is 477 g/mol. The summed E-state index contributed by atoms with van der Waals surface area (Å²) >= 11 is 12.4. The van der Waals surface area contributed by atoms with Crippen molar-refractivity contribution in [2.75, 3.05) is 0 Å². The maximum Gasteiger partial charge on any atom is 0.338 e. The molecular formula is C24H26Cl2N2O4. The second-order valence-electron chi connectivity index (χ2n) is 8.03. The number of hydrogen-bond acceptors (Lipinski definition) is 4.